The highest BCUT2D eigenvalue weighted by atomic mass is 32.2. The molecular weight excluding hydrogens is 408 g/mol. The number of rotatable bonds is 9. The number of benzene rings is 1. The number of hydrogen-bond acceptors (Lipinski definition) is 5. The van der Waals surface area contributed by atoms with E-state index in [1.807, 2.05) is 13.0 Å². The van der Waals surface area contributed by atoms with Crippen molar-refractivity contribution in [3.8, 4) is 5.75 Å². The maximum atomic E-state index is 12.5. The van der Waals surface area contributed by atoms with Crippen molar-refractivity contribution in [1.29, 1.82) is 0 Å². The van der Waals surface area contributed by atoms with E-state index in [9.17, 15) is 13.2 Å². The second-order valence-electron chi connectivity index (χ2n) is 7.43. The van der Waals surface area contributed by atoms with Gasteiger partial charge in [-0.2, -0.15) is 0 Å². The first-order chi connectivity index (χ1) is 13.9. The van der Waals surface area contributed by atoms with E-state index in [-0.39, 0.29) is 22.8 Å². The van der Waals surface area contributed by atoms with Crippen molar-refractivity contribution in [1.82, 2.24) is 10.0 Å². The van der Waals surface area contributed by atoms with Gasteiger partial charge in [0.05, 0.1) is 18.0 Å². The minimum atomic E-state index is -3.77. The molecule has 2 N–H and O–H groups in total. The van der Waals surface area contributed by atoms with Gasteiger partial charge in [-0.3, -0.25) is 4.79 Å². The lowest BCUT2D eigenvalue weighted by molar-refractivity contribution is -0.120. The Labute approximate surface area is 176 Å². The largest absolute Gasteiger partial charge is 0.494 e. The van der Waals surface area contributed by atoms with E-state index >= 15 is 0 Å². The van der Waals surface area contributed by atoms with Crippen LogP contribution in [0.3, 0.4) is 0 Å². The van der Waals surface area contributed by atoms with Crippen molar-refractivity contribution in [3.05, 3.63) is 46.2 Å². The molecule has 1 fully saturated rings. The average Bonchev–Trinajstić information content (AvgIpc) is 3.39. The van der Waals surface area contributed by atoms with Crippen molar-refractivity contribution < 1.29 is 17.9 Å². The Balaban J connectivity index is 1.58. The lowest BCUT2D eigenvalue weighted by Gasteiger charge is -2.28. The van der Waals surface area contributed by atoms with E-state index in [0.717, 1.165) is 31.2 Å². The smallest absolute Gasteiger partial charge is 0.241 e. The molecule has 6 nitrogen and oxygen atoms in total. The van der Waals surface area contributed by atoms with Crippen LogP contribution in [0.5, 0.6) is 5.75 Å². The number of amides is 1. The average molecular weight is 437 g/mol. The second-order valence-corrected chi connectivity index (χ2v) is 10.1. The Morgan fingerprint density at radius 1 is 1.24 bits per heavy atom. The van der Waals surface area contributed by atoms with Crippen LogP contribution in [0.4, 0.5) is 0 Å². The molecule has 0 saturated heterocycles. The summed E-state index contributed by atoms with van der Waals surface area (Å²) in [5.41, 5.74) is 0.716. The molecule has 0 aliphatic heterocycles. The Morgan fingerprint density at radius 3 is 2.62 bits per heavy atom. The summed E-state index contributed by atoms with van der Waals surface area (Å²) in [6.45, 7) is 4.43. The van der Waals surface area contributed by atoms with Crippen LogP contribution < -0.4 is 14.8 Å². The van der Waals surface area contributed by atoms with Gasteiger partial charge >= 0.3 is 0 Å². The first-order valence-corrected chi connectivity index (χ1v) is 12.3. The normalized spacial score (nSPS) is 15.9. The van der Waals surface area contributed by atoms with Gasteiger partial charge in [-0.1, -0.05) is 18.9 Å². The third kappa shape index (κ3) is 5.18. The summed E-state index contributed by atoms with van der Waals surface area (Å²) in [6.07, 6.45) is 4.39. The zero-order valence-corrected chi connectivity index (χ0v) is 18.5. The van der Waals surface area contributed by atoms with Crippen LogP contribution in [0.2, 0.25) is 0 Å². The number of ether oxygens (including phenoxy) is 1. The summed E-state index contributed by atoms with van der Waals surface area (Å²) in [5.74, 6) is 0.332. The summed E-state index contributed by atoms with van der Waals surface area (Å²) >= 11 is 1.72. The topological polar surface area (TPSA) is 84.5 Å². The molecule has 0 unspecified atom stereocenters. The molecule has 1 saturated carbocycles. The lowest BCUT2D eigenvalue weighted by atomic mass is 9.84. The molecule has 8 heteroatoms. The van der Waals surface area contributed by atoms with Gasteiger partial charge in [-0.25, -0.2) is 13.1 Å². The summed E-state index contributed by atoms with van der Waals surface area (Å²) in [4.78, 5) is 13.8. The summed E-state index contributed by atoms with van der Waals surface area (Å²) < 4.78 is 32.9. The van der Waals surface area contributed by atoms with E-state index in [1.165, 1.54) is 10.9 Å². The Morgan fingerprint density at radius 2 is 2.00 bits per heavy atom. The highest BCUT2D eigenvalue weighted by Gasteiger charge is 2.36. The van der Waals surface area contributed by atoms with Gasteiger partial charge in [0.2, 0.25) is 15.9 Å². The minimum absolute atomic E-state index is 0.0189. The molecule has 1 aromatic carbocycles. The molecule has 0 bridgehead atoms. The van der Waals surface area contributed by atoms with Crippen molar-refractivity contribution in [3.63, 3.8) is 0 Å². The standard InChI is InChI=1S/C21H28N2O4S2/c1-3-27-18-9-8-17(13-16(18)2)29(25,26)23-14-20(24)22-15-21(10-4-5-11-21)19-7-6-12-28-19/h6-9,12-13,23H,3-5,10-11,14-15H2,1-2H3,(H,22,24). The highest BCUT2D eigenvalue weighted by molar-refractivity contribution is 7.89. The Kier molecular flexibility index (Phi) is 6.97. The molecule has 2 aromatic rings. The molecule has 0 atom stereocenters. The van der Waals surface area contributed by atoms with E-state index in [1.54, 1.807) is 30.4 Å². The molecular formula is C21H28N2O4S2. The fraction of sp³-hybridized carbons (Fsp3) is 0.476. The molecule has 158 valence electrons. The number of aryl methyl sites for hydroxylation is 1. The molecule has 0 radical (unpaired) electrons. The maximum absolute atomic E-state index is 12.5. The molecule has 0 spiro atoms. The number of hydrogen-bond donors (Lipinski definition) is 2. The van der Waals surface area contributed by atoms with Gasteiger partial charge in [0.1, 0.15) is 5.75 Å². The first-order valence-electron chi connectivity index (χ1n) is 9.90. The van der Waals surface area contributed by atoms with Crippen LogP contribution in [-0.4, -0.2) is 34.0 Å². The number of nitrogens with one attached hydrogen (secondary N) is 2. The van der Waals surface area contributed by atoms with Crippen LogP contribution in [-0.2, 0) is 20.2 Å². The van der Waals surface area contributed by atoms with E-state index in [0.29, 0.717) is 18.9 Å². The number of carbonyl (C=O) groups excluding carboxylic acids is 1. The number of thiophene rings is 1. The molecule has 1 aromatic heterocycles. The minimum Gasteiger partial charge on any atom is -0.494 e. The fourth-order valence-corrected chi connectivity index (χ4v) is 5.88. The molecule has 1 aliphatic carbocycles. The second kappa shape index (κ2) is 9.28. The van der Waals surface area contributed by atoms with Crippen LogP contribution in [0.1, 0.15) is 43.0 Å². The summed E-state index contributed by atoms with van der Waals surface area (Å²) in [7, 11) is -3.77. The third-order valence-corrected chi connectivity index (χ3v) is 7.92. The number of carbonyl (C=O) groups is 1. The Hall–Kier alpha value is -1.90. The Bertz CT molecular complexity index is 934. The molecule has 29 heavy (non-hydrogen) atoms. The van der Waals surface area contributed by atoms with Gasteiger partial charge < -0.3 is 10.1 Å². The van der Waals surface area contributed by atoms with Gasteiger partial charge in [-0.15, -0.1) is 11.3 Å². The first kappa shape index (κ1) is 21.8. The predicted octanol–water partition coefficient (Wildman–Crippen LogP) is 3.36. The third-order valence-electron chi connectivity index (χ3n) is 5.41. The van der Waals surface area contributed by atoms with Gasteiger partial charge in [0, 0.05) is 16.8 Å². The maximum Gasteiger partial charge on any atom is 0.241 e. The van der Waals surface area contributed by atoms with Crippen molar-refractivity contribution in [2.45, 2.75) is 49.8 Å². The van der Waals surface area contributed by atoms with Crippen LogP contribution in [0.25, 0.3) is 0 Å². The predicted molar refractivity (Wildman–Crippen MR) is 115 cm³/mol. The molecule has 1 amide bonds. The molecule has 1 heterocycles. The number of sulfonamides is 1. The quantitative estimate of drug-likeness (QED) is 0.631. The van der Waals surface area contributed by atoms with E-state index < -0.39 is 10.0 Å². The highest BCUT2D eigenvalue weighted by Crippen LogP contribution is 2.42. The summed E-state index contributed by atoms with van der Waals surface area (Å²) in [6, 6.07) is 8.84. The SMILES string of the molecule is CCOc1ccc(S(=O)(=O)NCC(=O)NCC2(c3cccs3)CCCC2)cc1C. The lowest BCUT2D eigenvalue weighted by Crippen LogP contribution is -2.43. The van der Waals surface area contributed by atoms with Gasteiger partial charge in [-0.05, 0) is 61.9 Å². The monoisotopic (exact) mass is 436 g/mol. The van der Waals surface area contributed by atoms with E-state index in [4.69, 9.17) is 4.74 Å². The van der Waals surface area contributed by atoms with Gasteiger partial charge in [0.25, 0.3) is 0 Å². The van der Waals surface area contributed by atoms with Crippen molar-refractivity contribution in [2.24, 2.45) is 0 Å². The molecule has 3 rings (SSSR count). The summed E-state index contributed by atoms with van der Waals surface area (Å²) in [5, 5.41) is 5.00. The zero-order chi connectivity index (χ0) is 20.9. The van der Waals surface area contributed by atoms with Crippen molar-refractivity contribution in [2.75, 3.05) is 19.7 Å². The van der Waals surface area contributed by atoms with Gasteiger partial charge in [0.15, 0.2) is 0 Å². The van der Waals surface area contributed by atoms with Crippen LogP contribution >= 0.6 is 11.3 Å². The van der Waals surface area contributed by atoms with Crippen LogP contribution in [0.15, 0.2) is 40.6 Å². The fourth-order valence-electron chi connectivity index (χ4n) is 3.82. The molecule has 1 aliphatic rings. The van der Waals surface area contributed by atoms with Crippen molar-refractivity contribution >= 4 is 27.3 Å². The zero-order valence-electron chi connectivity index (χ0n) is 16.9. The van der Waals surface area contributed by atoms with Crippen LogP contribution in [0, 0.1) is 6.92 Å². The van der Waals surface area contributed by atoms with E-state index in [2.05, 4.69) is 21.5 Å².